The van der Waals surface area contributed by atoms with E-state index in [-0.39, 0.29) is 5.75 Å². The SMILES string of the molecule is COc1ccc(/C=C/C(=O)O[C@@H](C)C(=O)Nc2ccc(C)cc2C)cc1F. The van der Waals surface area contributed by atoms with Crippen LogP contribution in [0.1, 0.15) is 23.6 Å². The number of aryl methyl sites for hydroxylation is 2. The molecule has 2 aromatic carbocycles. The second kappa shape index (κ2) is 8.98. The van der Waals surface area contributed by atoms with E-state index in [0.717, 1.165) is 17.2 Å². The first-order valence-electron chi connectivity index (χ1n) is 8.40. The van der Waals surface area contributed by atoms with Gasteiger partial charge < -0.3 is 14.8 Å². The smallest absolute Gasteiger partial charge is 0.331 e. The van der Waals surface area contributed by atoms with Gasteiger partial charge in [0.2, 0.25) is 0 Å². The number of ether oxygens (including phenoxy) is 2. The fourth-order valence-electron chi connectivity index (χ4n) is 2.41. The summed E-state index contributed by atoms with van der Waals surface area (Å²) in [5.41, 5.74) is 3.14. The van der Waals surface area contributed by atoms with Gasteiger partial charge in [-0.1, -0.05) is 23.8 Å². The Balaban J connectivity index is 1.94. The minimum Gasteiger partial charge on any atom is -0.494 e. The maximum atomic E-state index is 13.6. The van der Waals surface area contributed by atoms with Gasteiger partial charge >= 0.3 is 5.97 Å². The quantitative estimate of drug-likeness (QED) is 0.615. The second-order valence-electron chi connectivity index (χ2n) is 6.11. The zero-order chi connectivity index (χ0) is 20.0. The highest BCUT2D eigenvalue weighted by atomic mass is 19.1. The van der Waals surface area contributed by atoms with Crippen molar-refractivity contribution in [2.24, 2.45) is 0 Å². The molecule has 0 saturated heterocycles. The summed E-state index contributed by atoms with van der Waals surface area (Å²) in [6, 6.07) is 9.93. The van der Waals surface area contributed by atoms with Crippen LogP contribution in [0.5, 0.6) is 5.75 Å². The topological polar surface area (TPSA) is 64.6 Å². The standard InChI is InChI=1S/C21H22FNO4/c1-13-5-8-18(14(2)11-13)23-21(25)15(3)27-20(24)10-7-16-6-9-19(26-4)17(22)12-16/h5-12,15H,1-4H3,(H,23,25)/b10-7+/t15-/m0/s1. The number of esters is 1. The van der Waals surface area contributed by atoms with Gasteiger partial charge in [-0.2, -0.15) is 0 Å². The molecule has 27 heavy (non-hydrogen) atoms. The Bertz CT molecular complexity index is 876. The van der Waals surface area contributed by atoms with Crippen LogP contribution >= 0.6 is 0 Å². The monoisotopic (exact) mass is 371 g/mol. The lowest BCUT2D eigenvalue weighted by molar-refractivity contribution is -0.148. The van der Waals surface area contributed by atoms with E-state index in [0.29, 0.717) is 11.3 Å². The summed E-state index contributed by atoms with van der Waals surface area (Å²) >= 11 is 0. The summed E-state index contributed by atoms with van der Waals surface area (Å²) in [6.45, 7) is 5.33. The molecule has 142 valence electrons. The number of hydrogen-bond acceptors (Lipinski definition) is 4. The van der Waals surface area contributed by atoms with E-state index in [1.54, 1.807) is 12.1 Å². The van der Waals surface area contributed by atoms with Crippen molar-refractivity contribution in [2.45, 2.75) is 26.9 Å². The fraction of sp³-hybridized carbons (Fsp3) is 0.238. The number of nitrogens with one attached hydrogen (secondary N) is 1. The largest absolute Gasteiger partial charge is 0.494 e. The van der Waals surface area contributed by atoms with Crippen LogP contribution in [0.2, 0.25) is 0 Å². The van der Waals surface area contributed by atoms with E-state index < -0.39 is 23.8 Å². The van der Waals surface area contributed by atoms with E-state index in [2.05, 4.69) is 5.32 Å². The molecule has 0 aliphatic heterocycles. The predicted molar refractivity (Wildman–Crippen MR) is 102 cm³/mol. The van der Waals surface area contributed by atoms with E-state index in [1.807, 2.05) is 26.0 Å². The van der Waals surface area contributed by atoms with Crippen LogP contribution in [0.25, 0.3) is 6.08 Å². The van der Waals surface area contributed by atoms with Gasteiger partial charge in [0.1, 0.15) is 0 Å². The second-order valence-corrected chi connectivity index (χ2v) is 6.11. The molecule has 0 unspecified atom stereocenters. The van der Waals surface area contributed by atoms with Crippen LogP contribution in [0.15, 0.2) is 42.5 Å². The molecule has 0 heterocycles. The van der Waals surface area contributed by atoms with E-state index in [9.17, 15) is 14.0 Å². The molecule has 0 bridgehead atoms. The number of rotatable bonds is 6. The molecule has 0 spiro atoms. The van der Waals surface area contributed by atoms with Gasteiger partial charge in [-0.15, -0.1) is 0 Å². The Morgan fingerprint density at radius 1 is 1.15 bits per heavy atom. The molecule has 0 aliphatic rings. The molecule has 1 N–H and O–H groups in total. The van der Waals surface area contributed by atoms with Crippen molar-refractivity contribution >= 4 is 23.6 Å². The molecule has 0 aliphatic carbocycles. The molecule has 6 heteroatoms. The summed E-state index contributed by atoms with van der Waals surface area (Å²) in [5, 5.41) is 2.73. The first-order chi connectivity index (χ1) is 12.8. The van der Waals surface area contributed by atoms with Crippen molar-refractivity contribution in [3.05, 3.63) is 65.0 Å². The van der Waals surface area contributed by atoms with Gasteiger partial charge in [0.25, 0.3) is 5.91 Å². The van der Waals surface area contributed by atoms with Crippen LogP contribution in [0, 0.1) is 19.7 Å². The molecular weight excluding hydrogens is 349 g/mol. The molecule has 0 saturated carbocycles. The Morgan fingerprint density at radius 2 is 1.89 bits per heavy atom. The van der Waals surface area contributed by atoms with Gasteiger partial charge in [-0.3, -0.25) is 4.79 Å². The number of amides is 1. The van der Waals surface area contributed by atoms with Crippen molar-refractivity contribution in [1.82, 2.24) is 0 Å². The zero-order valence-electron chi connectivity index (χ0n) is 15.7. The van der Waals surface area contributed by atoms with E-state index in [4.69, 9.17) is 9.47 Å². The molecule has 1 amide bonds. The van der Waals surface area contributed by atoms with Crippen molar-refractivity contribution in [1.29, 1.82) is 0 Å². The lowest BCUT2D eigenvalue weighted by Gasteiger charge is -2.14. The van der Waals surface area contributed by atoms with Crippen molar-refractivity contribution in [2.75, 3.05) is 12.4 Å². The molecule has 0 aromatic heterocycles. The van der Waals surface area contributed by atoms with Gasteiger partial charge in [0.15, 0.2) is 17.7 Å². The number of methoxy groups -OCH3 is 1. The first-order valence-corrected chi connectivity index (χ1v) is 8.40. The van der Waals surface area contributed by atoms with Crippen LogP contribution in [-0.4, -0.2) is 25.1 Å². The zero-order valence-corrected chi connectivity index (χ0v) is 15.7. The Hall–Kier alpha value is -3.15. The highest BCUT2D eigenvalue weighted by Crippen LogP contribution is 2.19. The number of hydrogen-bond donors (Lipinski definition) is 1. The normalized spacial score (nSPS) is 11.9. The fourth-order valence-corrected chi connectivity index (χ4v) is 2.41. The number of halogens is 1. The van der Waals surface area contributed by atoms with Gasteiger partial charge in [0, 0.05) is 11.8 Å². The average molecular weight is 371 g/mol. The number of anilines is 1. The Morgan fingerprint density at radius 3 is 2.52 bits per heavy atom. The Kier molecular flexibility index (Phi) is 6.71. The maximum Gasteiger partial charge on any atom is 0.331 e. The molecule has 2 aromatic rings. The third-order valence-corrected chi connectivity index (χ3v) is 3.89. The van der Waals surface area contributed by atoms with Crippen LogP contribution in [0.4, 0.5) is 10.1 Å². The van der Waals surface area contributed by atoms with E-state index in [1.165, 1.54) is 32.2 Å². The minimum atomic E-state index is -0.976. The van der Waals surface area contributed by atoms with Crippen LogP contribution < -0.4 is 10.1 Å². The first kappa shape index (κ1) is 20.2. The predicted octanol–water partition coefficient (Wildman–Crippen LogP) is 4.03. The average Bonchev–Trinajstić information content (AvgIpc) is 2.62. The third kappa shape index (κ3) is 5.67. The highest BCUT2D eigenvalue weighted by Gasteiger charge is 2.17. The number of benzene rings is 2. The molecule has 0 fully saturated rings. The third-order valence-electron chi connectivity index (χ3n) is 3.89. The number of carbonyl (C=O) groups excluding carboxylic acids is 2. The lowest BCUT2D eigenvalue weighted by Crippen LogP contribution is -2.29. The number of carbonyl (C=O) groups is 2. The van der Waals surface area contributed by atoms with Crippen molar-refractivity contribution < 1.29 is 23.5 Å². The molecule has 5 nitrogen and oxygen atoms in total. The van der Waals surface area contributed by atoms with Crippen molar-refractivity contribution in [3.63, 3.8) is 0 Å². The lowest BCUT2D eigenvalue weighted by atomic mass is 10.1. The summed E-state index contributed by atoms with van der Waals surface area (Å²) in [4.78, 5) is 24.1. The molecule has 2 rings (SSSR count). The summed E-state index contributed by atoms with van der Waals surface area (Å²) in [5.74, 6) is -1.55. The van der Waals surface area contributed by atoms with Crippen LogP contribution in [0.3, 0.4) is 0 Å². The molecule has 1 atom stereocenters. The molecule has 0 radical (unpaired) electrons. The maximum absolute atomic E-state index is 13.6. The van der Waals surface area contributed by atoms with Gasteiger partial charge in [-0.05, 0) is 56.2 Å². The molecular formula is C21H22FNO4. The summed E-state index contributed by atoms with van der Waals surface area (Å²) < 4.78 is 23.5. The highest BCUT2D eigenvalue weighted by molar-refractivity contribution is 5.97. The van der Waals surface area contributed by atoms with E-state index >= 15 is 0 Å². The minimum absolute atomic E-state index is 0.117. The van der Waals surface area contributed by atoms with Gasteiger partial charge in [0.05, 0.1) is 7.11 Å². The van der Waals surface area contributed by atoms with Crippen molar-refractivity contribution in [3.8, 4) is 5.75 Å². The Labute approximate surface area is 157 Å². The summed E-state index contributed by atoms with van der Waals surface area (Å²) in [7, 11) is 1.37. The van der Waals surface area contributed by atoms with Gasteiger partial charge in [-0.25, -0.2) is 9.18 Å². The van der Waals surface area contributed by atoms with Crippen LogP contribution in [-0.2, 0) is 14.3 Å². The summed E-state index contributed by atoms with van der Waals surface area (Å²) in [6.07, 6.45) is 1.57.